The van der Waals surface area contributed by atoms with Gasteiger partial charge in [0.05, 0.1) is 12.9 Å². The Morgan fingerprint density at radius 2 is 1.28 bits per heavy atom. The Kier molecular flexibility index (Phi) is 8.82. The van der Waals surface area contributed by atoms with E-state index in [4.69, 9.17) is 5.73 Å². The van der Waals surface area contributed by atoms with Crippen LogP contribution in [0.2, 0.25) is 0 Å². The second kappa shape index (κ2) is 13.0. The Morgan fingerprint density at radius 1 is 0.744 bits per heavy atom. The third-order valence-electron chi connectivity index (χ3n) is 7.26. The fraction of sp³-hybridized carbons (Fsp3) is 0.233. The largest absolute Gasteiger partial charge is 0.480 e. The van der Waals surface area contributed by atoms with E-state index in [1.807, 2.05) is 48.5 Å². The number of aromatic amines is 3. The summed E-state index contributed by atoms with van der Waals surface area (Å²) in [5, 5.41) is 19.6. The van der Waals surface area contributed by atoms with Crippen LogP contribution in [0.1, 0.15) is 16.8 Å². The molecule has 3 atom stereocenters. The summed E-state index contributed by atoms with van der Waals surface area (Å²) in [5.41, 5.74) is 9.31. The van der Waals surface area contributed by atoms with Gasteiger partial charge < -0.3 is 41.7 Å². The molecule has 5 rings (SSSR count). The summed E-state index contributed by atoms with van der Waals surface area (Å²) < 4.78 is 0. The van der Waals surface area contributed by atoms with Crippen LogP contribution in [-0.2, 0) is 38.4 Å². The summed E-state index contributed by atoms with van der Waals surface area (Å²) in [4.78, 5) is 64.8. The first-order chi connectivity index (χ1) is 20.8. The number of rotatable bonds is 13. The highest BCUT2D eigenvalue weighted by Gasteiger charge is 2.31. The first-order valence-corrected chi connectivity index (χ1v) is 13.7. The fourth-order valence-electron chi connectivity index (χ4n) is 5.07. The topological polar surface area (TPSA) is 211 Å². The van der Waals surface area contributed by atoms with Crippen molar-refractivity contribution in [3.8, 4) is 0 Å². The fourth-order valence-corrected chi connectivity index (χ4v) is 5.07. The highest BCUT2D eigenvalue weighted by molar-refractivity contribution is 5.95. The van der Waals surface area contributed by atoms with E-state index in [2.05, 4.69) is 35.9 Å². The average Bonchev–Trinajstić information content (AvgIpc) is 3.77. The predicted molar refractivity (Wildman–Crippen MR) is 159 cm³/mol. The lowest BCUT2D eigenvalue weighted by Gasteiger charge is -2.24. The molecule has 2 aromatic carbocycles. The number of aliphatic carboxylic acids is 1. The zero-order valence-electron chi connectivity index (χ0n) is 23.1. The number of benzene rings is 2. The van der Waals surface area contributed by atoms with E-state index in [0.717, 1.165) is 32.9 Å². The number of fused-ring (bicyclic) bond motifs is 2. The number of aromatic nitrogens is 4. The summed E-state index contributed by atoms with van der Waals surface area (Å²) in [6, 6.07) is 11.5. The number of H-pyrrole nitrogens is 3. The minimum absolute atomic E-state index is 0.0371. The van der Waals surface area contributed by atoms with E-state index in [-0.39, 0.29) is 25.8 Å². The van der Waals surface area contributed by atoms with Crippen LogP contribution < -0.4 is 21.7 Å². The van der Waals surface area contributed by atoms with Gasteiger partial charge in [-0.3, -0.25) is 14.4 Å². The van der Waals surface area contributed by atoms with Crippen molar-refractivity contribution in [1.82, 2.24) is 35.9 Å². The number of nitrogens with two attached hydrogens (primary N) is 1. The maximum Gasteiger partial charge on any atom is 0.326 e. The highest BCUT2D eigenvalue weighted by Crippen LogP contribution is 2.21. The van der Waals surface area contributed by atoms with Crippen LogP contribution in [0.5, 0.6) is 0 Å². The van der Waals surface area contributed by atoms with Gasteiger partial charge in [-0.15, -0.1) is 0 Å². The average molecular weight is 585 g/mol. The van der Waals surface area contributed by atoms with Crippen molar-refractivity contribution in [2.45, 2.75) is 37.4 Å². The summed E-state index contributed by atoms with van der Waals surface area (Å²) >= 11 is 0. The molecular formula is C30H32N8O5. The molecule has 0 spiro atoms. The number of hydrogen-bond donors (Lipinski definition) is 8. The number of amides is 3. The standard InChI is InChI=1S/C30H32N8O5/c31-12-27(39)36-24(9-17-13-33-22-7-3-1-5-20(17)22)28(40)37-25(10-18-14-34-23-8-4-2-6-21(18)23)29(41)38-26(30(42)43)11-19-15-32-16-35-19/h1-8,13-16,24-26,33-34H,9-12,31H2,(H,32,35)(H,36,39)(H,37,40)(H,38,41)(H,42,43). The molecule has 3 heterocycles. The van der Waals surface area contributed by atoms with Crippen molar-refractivity contribution in [2.24, 2.45) is 5.73 Å². The van der Waals surface area contributed by atoms with Crippen molar-refractivity contribution < 1.29 is 24.3 Å². The summed E-state index contributed by atoms with van der Waals surface area (Å²) in [6.07, 6.45) is 6.55. The second-order valence-corrected chi connectivity index (χ2v) is 10.2. The number of nitrogens with one attached hydrogen (secondary N) is 6. The number of imidazole rings is 1. The van der Waals surface area contributed by atoms with Gasteiger partial charge in [-0.1, -0.05) is 36.4 Å². The van der Waals surface area contributed by atoms with E-state index in [9.17, 15) is 24.3 Å². The van der Waals surface area contributed by atoms with Crippen LogP contribution in [0.25, 0.3) is 21.8 Å². The first kappa shape index (κ1) is 29.1. The van der Waals surface area contributed by atoms with Crippen LogP contribution in [0.3, 0.4) is 0 Å². The molecule has 3 unspecified atom stereocenters. The normalized spacial score (nSPS) is 13.3. The quantitative estimate of drug-likeness (QED) is 0.100. The number of para-hydroxylation sites is 2. The van der Waals surface area contributed by atoms with Gasteiger partial charge in [-0.2, -0.15) is 0 Å². The Hall–Kier alpha value is -5.43. The molecule has 3 amide bonds. The highest BCUT2D eigenvalue weighted by atomic mass is 16.4. The molecule has 0 saturated heterocycles. The third kappa shape index (κ3) is 6.90. The van der Waals surface area contributed by atoms with Crippen LogP contribution in [0.15, 0.2) is 73.4 Å². The van der Waals surface area contributed by atoms with E-state index >= 15 is 0 Å². The summed E-state index contributed by atoms with van der Waals surface area (Å²) in [7, 11) is 0. The van der Waals surface area contributed by atoms with Crippen molar-refractivity contribution >= 4 is 45.5 Å². The lowest BCUT2D eigenvalue weighted by molar-refractivity contribution is -0.142. The van der Waals surface area contributed by atoms with Crippen molar-refractivity contribution in [1.29, 1.82) is 0 Å². The number of carbonyl (C=O) groups excluding carboxylic acids is 3. The molecule has 0 saturated carbocycles. The molecule has 0 aliphatic heterocycles. The molecule has 0 aliphatic rings. The lowest BCUT2D eigenvalue weighted by atomic mass is 10.0. The van der Waals surface area contributed by atoms with Gasteiger partial charge in [0.2, 0.25) is 17.7 Å². The van der Waals surface area contributed by atoms with Gasteiger partial charge >= 0.3 is 5.97 Å². The number of carbonyl (C=O) groups is 4. The predicted octanol–water partition coefficient (Wildman–Crippen LogP) is 0.898. The van der Waals surface area contributed by atoms with Crippen LogP contribution in [0, 0.1) is 0 Å². The van der Waals surface area contributed by atoms with Crippen molar-refractivity contribution in [2.75, 3.05) is 6.54 Å². The molecule has 9 N–H and O–H groups in total. The Labute approximate surface area is 245 Å². The monoisotopic (exact) mass is 584 g/mol. The van der Waals surface area contributed by atoms with Gasteiger partial charge in [0.1, 0.15) is 18.1 Å². The molecule has 0 bridgehead atoms. The van der Waals surface area contributed by atoms with E-state index in [0.29, 0.717) is 5.69 Å². The molecule has 0 aliphatic carbocycles. The molecule has 0 fully saturated rings. The van der Waals surface area contributed by atoms with Crippen LogP contribution in [-0.4, -0.2) is 73.4 Å². The number of carboxylic acids is 1. The third-order valence-corrected chi connectivity index (χ3v) is 7.26. The molecule has 43 heavy (non-hydrogen) atoms. The van der Waals surface area contributed by atoms with Crippen LogP contribution in [0.4, 0.5) is 0 Å². The molecule has 0 radical (unpaired) electrons. The smallest absolute Gasteiger partial charge is 0.326 e. The maximum absolute atomic E-state index is 13.7. The Morgan fingerprint density at radius 3 is 1.79 bits per heavy atom. The van der Waals surface area contributed by atoms with Gasteiger partial charge in [0.25, 0.3) is 0 Å². The number of hydrogen-bond acceptors (Lipinski definition) is 6. The zero-order chi connectivity index (χ0) is 30.3. The molecule has 222 valence electrons. The minimum Gasteiger partial charge on any atom is -0.480 e. The summed E-state index contributed by atoms with van der Waals surface area (Å²) in [6.45, 7) is -0.329. The number of nitrogens with zero attached hydrogens (tertiary/aromatic N) is 1. The SMILES string of the molecule is NCC(=O)NC(Cc1c[nH]c2ccccc12)C(=O)NC(Cc1c[nH]c2ccccc12)C(=O)NC(Cc1cnc[nH]1)C(=O)O. The molecule has 3 aromatic heterocycles. The Balaban J connectivity index is 1.41. The first-order valence-electron chi connectivity index (χ1n) is 13.7. The maximum atomic E-state index is 13.7. The minimum atomic E-state index is -1.28. The van der Waals surface area contributed by atoms with E-state index in [1.54, 1.807) is 12.4 Å². The van der Waals surface area contributed by atoms with E-state index in [1.165, 1.54) is 12.5 Å². The van der Waals surface area contributed by atoms with Gasteiger partial charge in [0.15, 0.2) is 0 Å². The summed E-state index contributed by atoms with van der Waals surface area (Å²) in [5.74, 6) is -3.09. The van der Waals surface area contributed by atoms with Gasteiger partial charge in [0, 0.05) is 65.4 Å². The van der Waals surface area contributed by atoms with Gasteiger partial charge in [-0.05, 0) is 23.3 Å². The molecule has 13 heteroatoms. The van der Waals surface area contributed by atoms with Crippen molar-refractivity contribution in [3.63, 3.8) is 0 Å². The number of carboxylic acid groups (broad SMARTS) is 1. The zero-order valence-corrected chi connectivity index (χ0v) is 23.1. The Bertz CT molecular complexity index is 1740. The second-order valence-electron chi connectivity index (χ2n) is 10.2. The molecular weight excluding hydrogens is 552 g/mol. The molecule has 5 aromatic rings. The lowest BCUT2D eigenvalue weighted by Crippen LogP contribution is -2.57. The van der Waals surface area contributed by atoms with E-state index < -0.39 is 41.8 Å². The van der Waals surface area contributed by atoms with Crippen LogP contribution >= 0.6 is 0 Å². The van der Waals surface area contributed by atoms with Crippen molar-refractivity contribution in [3.05, 3.63) is 90.3 Å². The van der Waals surface area contributed by atoms with Gasteiger partial charge in [-0.25, -0.2) is 9.78 Å². The molecule has 13 nitrogen and oxygen atoms in total.